The Balaban J connectivity index is 1.79. The minimum absolute atomic E-state index is 0.00529. The lowest BCUT2D eigenvalue weighted by molar-refractivity contribution is 0.111. The van der Waals surface area contributed by atoms with Gasteiger partial charge in [-0.3, -0.25) is 8.77 Å². The average Bonchev–Trinajstić information content (AvgIpc) is 3.36. The van der Waals surface area contributed by atoms with Crippen LogP contribution in [0.25, 0.3) is 28.4 Å². The molecule has 0 bridgehead atoms. The summed E-state index contributed by atoms with van der Waals surface area (Å²) < 4.78 is 36.8. The molecule has 1 N–H and O–H groups in total. The van der Waals surface area contributed by atoms with Gasteiger partial charge in [-0.15, -0.1) is 0 Å². The summed E-state index contributed by atoms with van der Waals surface area (Å²) in [6, 6.07) is 7.22. The predicted molar refractivity (Wildman–Crippen MR) is 118 cm³/mol. The number of carbonyl (C=O) groups excluding carboxylic acids is 1. The number of nitrogens with zero attached hydrogens (tertiary/aromatic N) is 2. The van der Waals surface area contributed by atoms with Gasteiger partial charge in [0.25, 0.3) is 0 Å². The van der Waals surface area contributed by atoms with Crippen molar-refractivity contribution in [2.24, 2.45) is 0 Å². The van der Waals surface area contributed by atoms with Crippen molar-refractivity contribution in [1.82, 2.24) is 13.9 Å². The molecule has 0 aliphatic heterocycles. The monoisotopic (exact) mass is 523 g/mol. The smallest absolute Gasteiger partial charge is 0.170 e. The van der Waals surface area contributed by atoms with Gasteiger partial charge in [-0.25, -0.2) is 13.8 Å². The maximum absolute atomic E-state index is 14.9. The number of nitrogens with one attached hydrogen (secondary N) is 1. The van der Waals surface area contributed by atoms with E-state index < -0.39 is 11.6 Å². The van der Waals surface area contributed by atoms with Gasteiger partial charge < -0.3 is 9.72 Å². The summed E-state index contributed by atoms with van der Waals surface area (Å²) in [5.41, 5.74) is 1.51. The molecule has 2 heterocycles. The number of benzene rings is 2. The lowest BCUT2D eigenvalue weighted by atomic mass is 10.1. The van der Waals surface area contributed by atoms with Crippen LogP contribution in [0.15, 0.2) is 49.3 Å². The molecule has 0 aliphatic carbocycles. The quantitative estimate of drug-likeness (QED) is 0.235. The van der Waals surface area contributed by atoms with Crippen LogP contribution in [0.4, 0.5) is 8.78 Å². The summed E-state index contributed by atoms with van der Waals surface area (Å²) in [5, 5.41) is 0.782. The van der Waals surface area contributed by atoms with Gasteiger partial charge in [0.15, 0.2) is 17.9 Å². The van der Waals surface area contributed by atoms with Gasteiger partial charge >= 0.3 is 0 Å². The first-order chi connectivity index (χ1) is 14.0. The first kappa shape index (κ1) is 19.6. The van der Waals surface area contributed by atoms with Crippen LogP contribution in [0.2, 0.25) is 0 Å². The third kappa shape index (κ3) is 3.55. The molecule has 2 aromatic carbocycles. The molecule has 4 rings (SSSR count). The minimum atomic E-state index is -0.565. The lowest BCUT2D eigenvalue weighted by Crippen LogP contribution is -1.95. The van der Waals surface area contributed by atoms with E-state index in [1.54, 1.807) is 0 Å². The first-order valence-corrected chi connectivity index (χ1v) is 11.6. The zero-order valence-corrected chi connectivity index (χ0v) is 17.6. The SMILES string of the molecule is C=Cc1c(Oc2ccc(F)c(-c3ncc(C=O)[nH]3)c2)c(F)cc2c1ccn2SI. The van der Waals surface area contributed by atoms with Gasteiger partial charge in [0.2, 0.25) is 0 Å². The molecule has 0 saturated carbocycles. The van der Waals surface area contributed by atoms with E-state index in [1.807, 2.05) is 16.2 Å². The Morgan fingerprint density at radius 3 is 2.76 bits per heavy atom. The number of fused-ring (bicyclic) bond motifs is 1. The normalized spacial score (nSPS) is 11.0. The highest BCUT2D eigenvalue weighted by atomic mass is 127. The molecular weight excluding hydrogens is 511 g/mol. The third-order valence-electron chi connectivity index (χ3n) is 4.32. The topological polar surface area (TPSA) is 59.9 Å². The van der Waals surface area contributed by atoms with Crippen LogP contribution in [0.5, 0.6) is 11.5 Å². The van der Waals surface area contributed by atoms with E-state index in [-0.39, 0.29) is 28.6 Å². The molecule has 0 saturated heterocycles. The fraction of sp³-hybridized carbons (Fsp3) is 0. The summed E-state index contributed by atoms with van der Waals surface area (Å²) in [7, 11) is 1.42. The van der Waals surface area contributed by atoms with E-state index in [4.69, 9.17) is 4.74 Å². The van der Waals surface area contributed by atoms with Crippen LogP contribution < -0.4 is 4.74 Å². The van der Waals surface area contributed by atoms with Crippen molar-refractivity contribution >= 4 is 53.6 Å². The number of imidazole rings is 1. The first-order valence-electron chi connectivity index (χ1n) is 8.28. The highest BCUT2D eigenvalue weighted by Gasteiger charge is 2.18. The van der Waals surface area contributed by atoms with E-state index in [1.165, 1.54) is 45.7 Å². The van der Waals surface area contributed by atoms with E-state index >= 15 is 0 Å². The van der Waals surface area contributed by atoms with Crippen molar-refractivity contribution in [3.8, 4) is 22.9 Å². The fourth-order valence-electron chi connectivity index (χ4n) is 3.00. The zero-order valence-electron chi connectivity index (χ0n) is 14.7. The van der Waals surface area contributed by atoms with Crippen LogP contribution in [0, 0.1) is 11.6 Å². The number of aromatic amines is 1. The molecule has 0 amide bonds. The standard InChI is InChI=1S/C20H12F2IN3O2S/c1-2-13-14-5-6-26(29-23)18(14)8-17(22)19(13)28-12-3-4-16(21)15(7-12)20-24-9-11(10-27)25-20/h2-10H,1H2,(H,24,25). The maximum atomic E-state index is 14.9. The van der Waals surface area contributed by atoms with E-state index in [0.29, 0.717) is 17.4 Å². The second-order valence-electron chi connectivity index (χ2n) is 6.00. The van der Waals surface area contributed by atoms with Crippen molar-refractivity contribution < 1.29 is 18.3 Å². The Bertz CT molecular complexity index is 1250. The molecule has 0 fully saturated rings. The maximum Gasteiger partial charge on any atom is 0.170 e. The number of aromatic nitrogens is 3. The number of ether oxygens (including phenoxy) is 1. The lowest BCUT2D eigenvalue weighted by Gasteiger charge is -2.13. The molecule has 0 aliphatic rings. The summed E-state index contributed by atoms with van der Waals surface area (Å²) in [5.74, 6) is -0.736. The van der Waals surface area contributed by atoms with Crippen molar-refractivity contribution in [1.29, 1.82) is 0 Å². The van der Waals surface area contributed by atoms with Gasteiger partial charge in [-0.2, -0.15) is 0 Å². The van der Waals surface area contributed by atoms with Crippen LogP contribution in [-0.4, -0.2) is 20.2 Å². The van der Waals surface area contributed by atoms with E-state index in [2.05, 4.69) is 37.8 Å². The van der Waals surface area contributed by atoms with Gasteiger partial charge in [-0.05, 0) is 24.3 Å². The number of rotatable bonds is 6. The summed E-state index contributed by atoms with van der Waals surface area (Å²) in [6.07, 6.45) is 5.23. The van der Waals surface area contributed by atoms with Gasteiger partial charge in [0.1, 0.15) is 17.4 Å². The molecule has 0 atom stereocenters. The second-order valence-corrected chi connectivity index (χ2v) is 7.71. The number of carbonyl (C=O) groups is 1. The molecule has 5 nitrogen and oxygen atoms in total. The Kier molecular flexibility index (Phi) is 5.41. The third-order valence-corrected chi connectivity index (χ3v) is 6.06. The van der Waals surface area contributed by atoms with Crippen molar-refractivity contribution in [2.45, 2.75) is 0 Å². The molecule has 0 unspecified atom stereocenters. The number of hydrogen-bond donors (Lipinski definition) is 1. The van der Waals surface area contributed by atoms with E-state index in [9.17, 15) is 13.6 Å². The van der Waals surface area contributed by atoms with Crippen LogP contribution in [0.1, 0.15) is 16.1 Å². The van der Waals surface area contributed by atoms with Gasteiger partial charge in [-0.1, -0.05) is 12.7 Å². The Morgan fingerprint density at radius 2 is 2.07 bits per heavy atom. The number of H-pyrrole nitrogens is 1. The summed E-state index contributed by atoms with van der Waals surface area (Å²) in [6.45, 7) is 3.78. The number of hydrogen-bond acceptors (Lipinski definition) is 4. The van der Waals surface area contributed by atoms with Crippen LogP contribution >= 0.6 is 30.3 Å². The summed E-state index contributed by atoms with van der Waals surface area (Å²) in [4.78, 5) is 17.5. The van der Waals surface area contributed by atoms with Gasteiger partial charge in [0, 0.05) is 53.5 Å². The van der Waals surface area contributed by atoms with Crippen molar-refractivity contribution in [2.75, 3.05) is 0 Å². The van der Waals surface area contributed by atoms with E-state index in [0.717, 1.165) is 5.39 Å². The van der Waals surface area contributed by atoms with Crippen molar-refractivity contribution in [3.63, 3.8) is 0 Å². The average molecular weight is 523 g/mol. The molecule has 0 spiro atoms. The molecule has 2 aromatic heterocycles. The minimum Gasteiger partial charge on any atom is -0.454 e. The van der Waals surface area contributed by atoms with Crippen LogP contribution in [0.3, 0.4) is 0 Å². The molecule has 4 aromatic rings. The largest absolute Gasteiger partial charge is 0.454 e. The molecule has 0 radical (unpaired) electrons. The molecular formula is C20H12F2IN3O2S. The second kappa shape index (κ2) is 7.99. The summed E-state index contributed by atoms with van der Waals surface area (Å²) >= 11 is 2.11. The Labute approximate surface area is 180 Å². The predicted octanol–water partition coefficient (Wildman–Crippen LogP) is 6.40. The number of halogens is 3. The highest BCUT2D eigenvalue weighted by Crippen LogP contribution is 2.38. The Hall–Kier alpha value is -2.66. The van der Waals surface area contributed by atoms with Crippen molar-refractivity contribution in [3.05, 3.63) is 72.2 Å². The molecule has 9 heteroatoms. The zero-order chi connectivity index (χ0) is 20.5. The molecule has 146 valence electrons. The Morgan fingerprint density at radius 1 is 1.24 bits per heavy atom. The van der Waals surface area contributed by atoms with Gasteiger partial charge in [0.05, 0.1) is 23.0 Å². The highest BCUT2D eigenvalue weighted by molar-refractivity contribution is 14.2. The van der Waals surface area contributed by atoms with Crippen LogP contribution in [-0.2, 0) is 0 Å². The number of aldehydes is 1. The fourth-order valence-corrected chi connectivity index (χ4v) is 4.36. The molecule has 29 heavy (non-hydrogen) atoms.